The second-order valence-corrected chi connectivity index (χ2v) is 3.08. The van der Waals surface area contributed by atoms with Crippen molar-refractivity contribution >= 4 is 5.97 Å². The molecule has 1 fully saturated rings. The van der Waals surface area contributed by atoms with E-state index in [1.165, 1.54) is 12.8 Å². The van der Waals surface area contributed by atoms with Gasteiger partial charge in [0.05, 0.1) is 0 Å². The highest BCUT2D eigenvalue weighted by Gasteiger charge is 2.52. The first-order chi connectivity index (χ1) is 4.69. The van der Waals surface area contributed by atoms with Crippen LogP contribution in [-0.4, -0.2) is 11.6 Å². The van der Waals surface area contributed by atoms with E-state index in [1.807, 2.05) is 6.92 Å². The molecule has 58 valence electrons. The second-order valence-electron chi connectivity index (χ2n) is 3.08. The maximum Gasteiger partial charge on any atom is 0.351 e. The minimum Gasteiger partial charge on any atom is -0.444 e. The number of epoxide rings is 1. The zero-order valence-corrected chi connectivity index (χ0v) is 6.64. The van der Waals surface area contributed by atoms with E-state index in [4.69, 9.17) is 4.74 Å². The van der Waals surface area contributed by atoms with Crippen LogP contribution in [0.15, 0.2) is 0 Å². The molecule has 0 saturated carbocycles. The quantitative estimate of drug-likeness (QED) is 0.443. The van der Waals surface area contributed by atoms with Gasteiger partial charge in [-0.15, -0.1) is 0 Å². The highest BCUT2D eigenvalue weighted by Crippen LogP contribution is 2.33. The lowest BCUT2D eigenvalue weighted by Crippen LogP contribution is -2.05. The number of carbonyl (C=O) groups excluding carboxylic acids is 1. The third-order valence-corrected chi connectivity index (χ3v) is 1.97. The fourth-order valence-electron chi connectivity index (χ4n) is 1.04. The number of unbranched alkanes of at least 4 members (excludes halogenated alkanes) is 2. The Morgan fingerprint density at radius 3 is 2.50 bits per heavy atom. The molecule has 0 aromatic heterocycles. The zero-order valence-electron chi connectivity index (χ0n) is 6.64. The molecule has 1 aliphatic rings. The van der Waals surface area contributed by atoms with Crippen molar-refractivity contribution in [1.82, 2.24) is 0 Å². The molecule has 2 heteroatoms. The lowest BCUT2D eigenvalue weighted by Gasteiger charge is -1.98. The van der Waals surface area contributed by atoms with E-state index < -0.39 is 0 Å². The molecule has 1 aliphatic heterocycles. The van der Waals surface area contributed by atoms with Crippen molar-refractivity contribution < 1.29 is 9.53 Å². The Hall–Kier alpha value is -0.530. The Labute approximate surface area is 61.6 Å². The first kappa shape index (κ1) is 7.58. The SMILES string of the molecule is CCCCCC1(C)OC1=O. The van der Waals surface area contributed by atoms with Gasteiger partial charge >= 0.3 is 5.97 Å². The van der Waals surface area contributed by atoms with E-state index in [0.717, 1.165) is 12.8 Å². The van der Waals surface area contributed by atoms with Gasteiger partial charge in [0, 0.05) is 0 Å². The predicted octanol–water partition coefficient (Wildman–Crippen LogP) is 1.88. The second kappa shape index (κ2) is 2.60. The highest BCUT2D eigenvalue weighted by atomic mass is 16.7. The van der Waals surface area contributed by atoms with Gasteiger partial charge in [0.25, 0.3) is 0 Å². The molecule has 0 N–H and O–H groups in total. The minimum absolute atomic E-state index is 0.0244. The van der Waals surface area contributed by atoms with E-state index in [0.29, 0.717) is 0 Å². The minimum atomic E-state index is -0.380. The fraction of sp³-hybridized carbons (Fsp3) is 0.875. The molecule has 2 nitrogen and oxygen atoms in total. The summed E-state index contributed by atoms with van der Waals surface area (Å²) in [6, 6.07) is 0. The Kier molecular flexibility index (Phi) is 1.97. The van der Waals surface area contributed by atoms with Gasteiger partial charge in [-0.2, -0.15) is 0 Å². The maximum atomic E-state index is 10.6. The third kappa shape index (κ3) is 1.49. The van der Waals surface area contributed by atoms with Crippen molar-refractivity contribution in [2.45, 2.75) is 45.1 Å². The summed E-state index contributed by atoms with van der Waals surface area (Å²) in [5.41, 5.74) is -0.380. The van der Waals surface area contributed by atoms with Gasteiger partial charge in [0.15, 0.2) is 0 Å². The molecule has 0 spiro atoms. The molecule has 1 unspecified atom stereocenters. The molecule has 0 aromatic carbocycles. The van der Waals surface area contributed by atoms with Crippen LogP contribution in [0.2, 0.25) is 0 Å². The number of hydrogen-bond acceptors (Lipinski definition) is 2. The summed E-state index contributed by atoms with van der Waals surface area (Å²) in [4.78, 5) is 10.6. The fourth-order valence-corrected chi connectivity index (χ4v) is 1.04. The lowest BCUT2D eigenvalue weighted by atomic mass is 10.0. The average molecular weight is 142 g/mol. The average Bonchev–Trinajstić information content (AvgIpc) is 2.42. The summed E-state index contributed by atoms with van der Waals surface area (Å²) in [5.74, 6) is -0.0244. The standard InChI is InChI=1S/C8H14O2/c1-3-4-5-6-8(2)7(9)10-8/h3-6H2,1-2H3. The molecule has 0 amide bonds. The van der Waals surface area contributed by atoms with Crippen LogP contribution in [0.25, 0.3) is 0 Å². The first-order valence-corrected chi connectivity index (χ1v) is 3.92. The summed E-state index contributed by atoms with van der Waals surface area (Å²) >= 11 is 0. The first-order valence-electron chi connectivity index (χ1n) is 3.92. The molecule has 10 heavy (non-hydrogen) atoms. The smallest absolute Gasteiger partial charge is 0.351 e. The van der Waals surface area contributed by atoms with Gasteiger partial charge in [-0.25, -0.2) is 4.79 Å². The van der Waals surface area contributed by atoms with E-state index in [-0.39, 0.29) is 11.6 Å². The predicted molar refractivity (Wildman–Crippen MR) is 38.6 cm³/mol. The summed E-state index contributed by atoms with van der Waals surface area (Å²) in [6.45, 7) is 4.02. The molecular formula is C8H14O2. The maximum absolute atomic E-state index is 10.6. The molecule has 1 saturated heterocycles. The molecule has 0 radical (unpaired) electrons. The Morgan fingerprint density at radius 1 is 1.50 bits per heavy atom. The Balaban J connectivity index is 2.09. The van der Waals surface area contributed by atoms with Crippen molar-refractivity contribution in [3.63, 3.8) is 0 Å². The van der Waals surface area contributed by atoms with Gasteiger partial charge < -0.3 is 4.74 Å². The number of cyclic esters (lactones) is 1. The lowest BCUT2D eigenvalue weighted by molar-refractivity contribution is -0.117. The van der Waals surface area contributed by atoms with Crippen LogP contribution < -0.4 is 0 Å². The monoisotopic (exact) mass is 142 g/mol. The topological polar surface area (TPSA) is 29.6 Å². The zero-order chi connectivity index (χ0) is 7.61. The molecular weight excluding hydrogens is 128 g/mol. The van der Waals surface area contributed by atoms with Gasteiger partial charge in [0.1, 0.15) is 0 Å². The van der Waals surface area contributed by atoms with Gasteiger partial charge in [-0.3, -0.25) is 0 Å². The Bertz CT molecular complexity index is 142. The van der Waals surface area contributed by atoms with Crippen LogP contribution in [-0.2, 0) is 9.53 Å². The molecule has 1 atom stereocenters. The summed E-state index contributed by atoms with van der Waals surface area (Å²) < 4.78 is 4.81. The van der Waals surface area contributed by atoms with E-state index in [2.05, 4.69) is 6.92 Å². The van der Waals surface area contributed by atoms with Crippen molar-refractivity contribution in [2.24, 2.45) is 0 Å². The summed E-state index contributed by atoms with van der Waals surface area (Å²) in [6.07, 6.45) is 4.41. The van der Waals surface area contributed by atoms with E-state index in [9.17, 15) is 4.79 Å². The largest absolute Gasteiger partial charge is 0.444 e. The Morgan fingerprint density at radius 2 is 2.10 bits per heavy atom. The molecule has 0 aliphatic carbocycles. The normalized spacial score (nSPS) is 30.0. The number of carbonyl (C=O) groups is 1. The molecule has 1 heterocycles. The van der Waals surface area contributed by atoms with Crippen LogP contribution in [0.1, 0.15) is 39.5 Å². The van der Waals surface area contributed by atoms with E-state index >= 15 is 0 Å². The molecule has 0 bridgehead atoms. The van der Waals surface area contributed by atoms with Crippen molar-refractivity contribution in [3.8, 4) is 0 Å². The van der Waals surface area contributed by atoms with Crippen molar-refractivity contribution in [1.29, 1.82) is 0 Å². The van der Waals surface area contributed by atoms with Crippen molar-refractivity contribution in [3.05, 3.63) is 0 Å². The molecule has 0 aromatic rings. The van der Waals surface area contributed by atoms with Crippen molar-refractivity contribution in [2.75, 3.05) is 0 Å². The highest BCUT2D eigenvalue weighted by molar-refractivity contribution is 5.92. The number of hydrogen-bond donors (Lipinski definition) is 0. The van der Waals surface area contributed by atoms with Crippen LogP contribution in [0.3, 0.4) is 0 Å². The van der Waals surface area contributed by atoms with Crippen LogP contribution in [0.5, 0.6) is 0 Å². The summed E-state index contributed by atoms with van der Waals surface area (Å²) in [5, 5.41) is 0. The number of ether oxygens (including phenoxy) is 1. The van der Waals surface area contributed by atoms with Gasteiger partial charge in [0.2, 0.25) is 5.60 Å². The van der Waals surface area contributed by atoms with Crippen LogP contribution in [0.4, 0.5) is 0 Å². The van der Waals surface area contributed by atoms with Gasteiger partial charge in [-0.05, 0) is 19.8 Å². The number of rotatable bonds is 4. The molecule has 1 rings (SSSR count). The third-order valence-electron chi connectivity index (χ3n) is 1.97. The van der Waals surface area contributed by atoms with Crippen LogP contribution >= 0.6 is 0 Å². The van der Waals surface area contributed by atoms with Crippen LogP contribution in [0, 0.1) is 0 Å². The van der Waals surface area contributed by atoms with E-state index in [1.54, 1.807) is 0 Å². The summed E-state index contributed by atoms with van der Waals surface area (Å²) in [7, 11) is 0. The van der Waals surface area contributed by atoms with Gasteiger partial charge in [-0.1, -0.05) is 19.8 Å².